The first-order valence-corrected chi connectivity index (χ1v) is 22.1. The van der Waals surface area contributed by atoms with E-state index in [0.29, 0.717) is 0 Å². The summed E-state index contributed by atoms with van der Waals surface area (Å²) in [7, 11) is 0. The van der Waals surface area contributed by atoms with E-state index in [2.05, 4.69) is 132 Å². The normalized spacial score (nSPS) is 11.9. The van der Waals surface area contributed by atoms with Crippen molar-refractivity contribution in [3.05, 3.63) is 144 Å². The van der Waals surface area contributed by atoms with Gasteiger partial charge in [-0.1, -0.05) is 127 Å². The summed E-state index contributed by atoms with van der Waals surface area (Å²) in [5, 5.41) is 24.9. The van der Waals surface area contributed by atoms with E-state index in [1.54, 1.807) is 0 Å². The Bertz CT molecular complexity index is 2430. The first-order valence-electron chi connectivity index (χ1n) is 22.1. The molecule has 58 heavy (non-hydrogen) atoms. The quantitative estimate of drug-likeness (QED) is 0.0805. The fourth-order valence-electron chi connectivity index (χ4n) is 9.12. The lowest BCUT2D eigenvalue weighted by molar-refractivity contribution is 0.282. The molecule has 2 heterocycles. The highest BCUT2D eigenvalue weighted by molar-refractivity contribution is 6.10. The molecule has 0 bridgehead atoms. The van der Waals surface area contributed by atoms with Crippen molar-refractivity contribution in [1.29, 1.82) is 0 Å². The van der Waals surface area contributed by atoms with Gasteiger partial charge in [-0.2, -0.15) is 0 Å². The van der Waals surface area contributed by atoms with Crippen molar-refractivity contribution in [2.75, 3.05) is 0 Å². The number of benzene rings is 6. The Morgan fingerprint density at radius 1 is 0.345 bits per heavy atom. The molecule has 4 nitrogen and oxygen atoms in total. The van der Waals surface area contributed by atoms with Crippen LogP contribution in [0.3, 0.4) is 0 Å². The van der Waals surface area contributed by atoms with Gasteiger partial charge >= 0.3 is 0 Å². The van der Waals surface area contributed by atoms with Crippen molar-refractivity contribution in [2.24, 2.45) is 0 Å². The number of aromatic nitrogens is 2. The van der Waals surface area contributed by atoms with Gasteiger partial charge < -0.3 is 19.3 Å². The van der Waals surface area contributed by atoms with Crippen molar-refractivity contribution in [1.82, 2.24) is 9.13 Å². The fraction of sp³-hybridized carbons (Fsp3) is 0.333. The zero-order valence-corrected chi connectivity index (χ0v) is 34.6. The summed E-state index contributed by atoms with van der Waals surface area (Å²) in [6.45, 7) is 4.62. The molecule has 8 rings (SSSR count). The zero-order valence-electron chi connectivity index (χ0n) is 34.6. The number of aliphatic hydroxyl groups excluding tert-OH is 2. The predicted octanol–water partition coefficient (Wildman–Crippen LogP) is 14.3. The monoisotopic (exact) mass is 768 g/mol. The van der Waals surface area contributed by atoms with Crippen molar-refractivity contribution >= 4 is 43.6 Å². The molecule has 0 fully saturated rings. The minimum atomic E-state index is 0.0369. The number of aliphatic hydroxyl groups is 2. The molecule has 6 aromatic carbocycles. The second kappa shape index (κ2) is 18.6. The van der Waals surface area contributed by atoms with Crippen molar-refractivity contribution in [3.63, 3.8) is 0 Å². The van der Waals surface area contributed by atoms with Gasteiger partial charge in [0.25, 0.3) is 0 Å². The molecule has 0 saturated heterocycles. The minimum Gasteiger partial charge on any atom is -0.392 e. The van der Waals surface area contributed by atoms with Crippen LogP contribution in [0.15, 0.2) is 121 Å². The average Bonchev–Trinajstić information content (AvgIpc) is 3.77. The van der Waals surface area contributed by atoms with Crippen molar-refractivity contribution in [3.8, 4) is 22.5 Å². The van der Waals surface area contributed by atoms with Gasteiger partial charge in [0.05, 0.1) is 35.3 Å². The predicted molar refractivity (Wildman–Crippen MR) is 247 cm³/mol. The second-order valence-corrected chi connectivity index (χ2v) is 16.5. The molecule has 0 spiro atoms. The molecule has 0 aliphatic carbocycles. The van der Waals surface area contributed by atoms with E-state index in [0.717, 1.165) is 46.4 Å². The molecule has 2 N–H and O–H groups in total. The lowest BCUT2D eigenvalue weighted by Gasteiger charge is -2.12. The molecular formula is C54H60N2O2. The highest BCUT2D eigenvalue weighted by Gasteiger charge is 2.16. The standard InChI is InChI=1S/C54H60N2O2/c1-3-5-7-9-11-13-15-39-17-29-51-47(33-39)49-35-41(37-57)19-31-53(49)55(51)45-25-21-43(22-26-45)44-23-27-46(28-24-44)56-52-30-18-40(16-14-12-10-8-6-4-2)34-48(52)50-36-42(38-58)20-32-54(50)56/h17-36,57-58H,3-16,37-38H2,1-2H3. The molecule has 0 aliphatic heterocycles. The number of aryl methyl sites for hydroxylation is 2. The molecule has 0 atom stereocenters. The molecule has 0 saturated carbocycles. The van der Waals surface area contributed by atoms with Gasteiger partial charge in [-0.25, -0.2) is 0 Å². The Balaban J connectivity index is 1.06. The van der Waals surface area contributed by atoms with Crippen LogP contribution in [-0.2, 0) is 26.1 Å². The van der Waals surface area contributed by atoms with E-state index < -0.39 is 0 Å². The van der Waals surface area contributed by atoms with E-state index in [9.17, 15) is 10.2 Å². The number of rotatable bonds is 19. The summed E-state index contributed by atoms with van der Waals surface area (Å²) < 4.78 is 4.74. The smallest absolute Gasteiger partial charge is 0.0682 e. The van der Waals surface area contributed by atoms with Crippen LogP contribution in [0.5, 0.6) is 0 Å². The molecule has 0 unspecified atom stereocenters. The van der Waals surface area contributed by atoms with Crippen LogP contribution in [0.2, 0.25) is 0 Å². The second-order valence-electron chi connectivity index (χ2n) is 16.5. The van der Waals surface area contributed by atoms with Crippen LogP contribution in [0.25, 0.3) is 66.1 Å². The van der Waals surface area contributed by atoms with Gasteiger partial charge in [0, 0.05) is 32.9 Å². The molecule has 0 radical (unpaired) electrons. The highest BCUT2D eigenvalue weighted by Crippen LogP contribution is 2.37. The highest BCUT2D eigenvalue weighted by atomic mass is 16.3. The van der Waals surface area contributed by atoms with E-state index >= 15 is 0 Å². The van der Waals surface area contributed by atoms with Gasteiger partial charge in [0.2, 0.25) is 0 Å². The van der Waals surface area contributed by atoms with Gasteiger partial charge in [0.1, 0.15) is 0 Å². The molecular weight excluding hydrogens is 709 g/mol. The van der Waals surface area contributed by atoms with Gasteiger partial charge in [-0.15, -0.1) is 0 Å². The third-order valence-electron chi connectivity index (χ3n) is 12.4. The minimum absolute atomic E-state index is 0.0369. The molecule has 8 aromatic rings. The van der Waals surface area contributed by atoms with Crippen LogP contribution in [0.1, 0.15) is 113 Å². The maximum absolute atomic E-state index is 10.0. The summed E-state index contributed by atoms with van der Waals surface area (Å²) in [6, 6.07) is 44.6. The first-order chi connectivity index (χ1) is 28.6. The summed E-state index contributed by atoms with van der Waals surface area (Å²) in [4.78, 5) is 0. The molecule has 298 valence electrons. The number of hydrogen-bond donors (Lipinski definition) is 2. The van der Waals surface area contributed by atoms with E-state index in [4.69, 9.17) is 0 Å². The van der Waals surface area contributed by atoms with Crippen molar-refractivity contribution in [2.45, 2.75) is 117 Å². The van der Waals surface area contributed by atoms with E-state index in [1.807, 2.05) is 12.1 Å². The lowest BCUT2D eigenvalue weighted by atomic mass is 10.0. The number of nitrogens with zero attached hydrogens (tertiary/aromatic N) is 2. The molecule has 0 amide bonds. The van der Waals surface area contributed by atoms with Gasteiger partial charge in [-0.3, -0.25) is 0 Å². The van der Waals surface area contributed by atoms with Crippen molar-refractivity contribution < 1.29 is 10.2 Å². The zero-order chi connectivity index (χ0) is 39.8. The maximum Gasteiger partial charge on any atom is 0.0682 e. The largest absolute Gasteiger partial charge is 0.392 e. The Kier molecular flexibility index (Phi) is 12.7. The average molecular weight is 769 g/mol. The third-order valence-corrected chi connectivity index (χ3v) is 12.4. The Morgan fingerprint density at radius 2 is 0.655 bits per heavy atom. The van der Waals surface area contributed by atoms with Crippen LogP contribution in [0.4, 0.5) is 0 Å². The van der Waals surface area contributed by atoms with Crippen LogP contribution >= 0.6 is 0 Å². The lowest BCUT2D eigenvalue weighted by Crippen LogP contribution is -1.95. The SMILES string of the molecule is CCCCCCCCc1ccc2c(c1)c1cc(CO)ccc1n2-c1ccc(-c2ccc(-n3c4ccc(CO)cc4c4cc(CCCCCCCC)ccc43)cc2)cc1. The fourth-order valence-corrected chi connectivity index (χ4v) is 9.12. The number of unbranched alkanes of at least 4 members (excludes halogenated alkanes) is 10. The molecule has 0 aliphatic rings. The van der Waals surface area contributed by atoms with Crippen LogP contribution < -0.4 is 0 Å². The van der Waals surface area contributed by atoms with Crippen LogP contribution in [0, 0.1) is 0 Å². The first kappa shape index (κ1) is 39.7. The van der Waals surface area contributed by atoms with Gasteiger partial charge in [-0.05, 0) is 132 Å². The molecule has 2 aromatic heterocycles. The Morgan fingerprint density at radius 3 is 1.00 bits per heavy atom. The van der Waals surface area contributed by atoms with Crippen LogP contribution in [-0.4, -0.2) is 19.3 Å². The number of fused-ring (bicyclic) bond motifs is 6. The topological polar surface area (TPSA) is 50.3 Å². The Labute approximate surface area is 344 Å². The summed E-state index contributed by atoms with van der Waals surface area (Å²) in [5.41, 5.74) is 14.0. The maximum atomic E-state index is 10.0. The summed E-state index contributed by atoms with van der Waals surface area (Å²) in [5.74, 6) is 0. The number of hydrogen-bond acceptors (Lipinski definition) is 2. The third kappa shape index (κ3) is 8.37. The van der Waals surface area contributed by atoms with Gasteiger partial charge in [0.15, 0.2) is 0 Å². The van der Waals surface area contributed by atoms with E-state index in [-0.39, 0.29) is 13.2 Å². The summed E-state index contributed by atoms with van der Waals surface area (Å²) >= 11 is 0. The Hall–Kier alpha value is -5.16. The summed E-state index contributed by atoms with van der Waals surface area (Å²) in [6.07, 6.45) is 17.8. The van der Waals surface area contributed by atoms with E-state index in [1.165, 1.54) is 132 Å². The molecule has 4 heteroatoms.